The molecule has 0 amide bonds. The van der Waals surface area contributed by atoms with Crippen LogP contribution in [-0.2, 0) is 13.1 Å². The maximum Gasteiger partial charge on any atom is 0.232 e. The van der Waals surface area contributed by atoms with Gasteiger partial charge in [-0.3, -0.25) is 9.69 Å². The SMILES string of the molecule is COc1ccc(CN2COc3cc(C)c4c(c3C2)O/C(=C\c2ccc(-c3ccccc3)cc2)C4=O)cc1. The summed E-state index contributed by atoms with van der Waals surface area (Å²) in [5.74, 6) is 2.48. The first-order chi connectivity index (χ1) is 18.1. The molecule has 2 aliphatic heterocycles. The van der Waals surface area contributed by atoms with E-state index >= 15 is 0 Å². The Morgan fingerprint density at radius 1 is 0.946 bits per heavy atom. The molecule has 0 unspecified atom stereocenters. The molecule has 4 aromatic rings. The Labute approximate surface area is 216 Å². The fourth-order valence-electron chi connectivity index (χ4n) is 4.92. The zero-order valence-corrected chi connectivity index (χ0v) is 20.9. The smallest absolute Gasteiger partial charge is 0.232 e. The van der Waals surface area contributed by atoms with Crippen molar-refractivity contribution in [3.05, 3.63) is 119 Å². The molecule has 0 fully saturated rings. The molecule has 37 heavy (non-hydrogen) atoms. The predicted molar refractivity (Wildman–Crippen MR) is 144 cm³/mol. The molecular formula is C32H27NO4. The zero-order chi connectivity index (χ0) is 25.4. The topological polar surface area (TPSA) is 48.0 Å². The van der Waals surface area contributed by atoms with Gasteiger partial charge in [-0.15, -0.1) is 0 Å². The molecule has 0 saturated carbocycles. The van der Waals surface area contributed by atoms with Gasteiger partial charge in [-0.1, -0.05) is 66.7 Å². The lowest BCUT2D eigenvalue weighted by molar-refractivity contribution is 0.0872. The van der Waals surface area contributed by atoms with Crippen molar-refractivity contribution in [2.24, 2.45) is 0 Å². The summed E-state index contributed by atoms with van der Waals surface area (Å²) in [4.78, 5) is 15.6. The van der Waals surface area contributed by atoms with Gasteiger partial charge in [0.15, 0.2) is 5.76 Å². The highest BCUT2D eigenvalue weighted by Gasteiger charge is 2.35. The molecule has 6 rings (SSSR count). The molecule has 2 aliphatic rings. The summed E-state index contributed by atoms with van der Waals surface area (Å²) in [6, 6.07) is 28.4. The Hall–Kier alpha value is -4.35. The van der Waals surface area contributed by atoms with Gasteiger partial charge < -0.3 is 14.2 Å². The second-order valence-electron chi connectivity index (χ2n) is 9.41. The molecule has 0 radical (unpaired) electrons. The number of fused-ring (bicyclic) bond motifs is 3. The highest BCUT2D eigenvalue weighted by atomic mass is 16.5. The minimum absolute atomic E-state index is 0.0882. The number of hydrogen-bond acceptors (Lipinski definition) is 5. The lowest BCUT2D eigenvalue weighted by atomic mass is 9.98. The van der Waals surface area contributed by atoms with Crippen LogP contribution in [0.4, 0.5) is 0 Å². The first kappa shape index (κ1) is 23.1. The lowest BCUT2D eigenvalue weighted by Gasteiger charge is -2.30. The highest BCUT2D eigenvalue weighted by molar-refractivity contribution is 6.15. The van der Waals surface area contributed by atoms with Crippen LogP contribution in [0.15, 0.2) is 90.7 Å². The van der Waals surface area contributed by atoms with Crippen LogP contribution in [0.5, 0.6) is 17.2 Å². The molecule has 0 aliphatic carbocycles. The van der Waals surface area contributed by atoms with Gasteiger partial charge in [-0.05, 0) is 59.0 Å². The Balaban J connectivity index is 1.25. The summed E-state index contributed by atoms with van der Waals surface area (Å²) in [5.41, 5.74) is 6.77. The summed E-state index contributed by atoms with van der Waals surface area (Å²) < 4.78 is 17.6. The van der Waals surface area contributed by atoms with Crippen LogP contribution in [0.1, 0.15) is 32.6 Å². The van der Waals surface area contributed by atoms with E-state index in [2.05, 4.69) is 41.3 Å². The first-order valence-corrected chi connectivity index (χ1v) is 12.3. The molecule has 0 saturated heterocycles. The van der Waals surface area contributed by atoms with E-state index in [9.17, 15) is 4.79 Å². The van der Waals surface area contributed by atoms with Gasteiger partial charge in [0.2, 0.25) is 5.78 Å². The van der Waals surface area contributed by atoms with E-state index in [1.807, 2.05) is 61.5 Å². The van der Waals surface area contributed by atoms with Crippen molar-refractivity contribution in [2.45, 2.75) is 20.0 Å². The molecule has 4 aromatic carbocycles. The Morgan fingerprint density at radius 2 is 1.68 bits per heavy atom. The second kappa shape index (κ2) is 9.60. The van der Waals surface area contributed by atoms with Crippen molar-refractivity contribution < 1.29 is 19.0 Å². The molecule has 5 heteroatoms. The van der Waals surface area contributed by atoms with Crippen molar-refractivity contribution in [2.75, 3.05) is 13.8 Å². The number of nitrogens with zero attached hydrogens (tertiary/aromatic N) is 1. The molecule has 184 valence electrons. The van der Waals surface area contributed by atoms with E-state index in [0.29, 0.717) is 30.3 Å². The summed E-state index contributed by atoms with van der Waals surface area (Å²) in [7, 11) is 1.66. The minimum atomic E-state index is -0.0882. The number of hydrogen-bond donors (Lipinski definition) is 0. The number of Topliss-reactive ketones (excluding diaryl/α,β-unsaturated/α-hetero) is 1. The maximum absolute atomic E-state index is 13.4. The Kier molecular flexibility index (Phi) is 5.99. The van der Waals surface area contributed by atoms with Gasteiger partial charge in [-0.2, -0.15) is 0 Å². The van der Waals surface area contributed by atoms with Gasteiger partial charge in [0.05, 0.1) is 18.2 Å². The van der Waals surface area contributed by atoms with Crippen LogP contribution >= 0.6 is 0 Å². The van der Waals surface area contributed by atoms with E-state index in [1.54, 1.807) is 7.11 Å². The van der Waals surface area contributed by atoms with Crippen molar-refractivity contribution >= 4 is 11.9 Å². The normalized spacial score (nSPS) is 15.6. The fourth-order valence-corrected chi connectivity index (χ4v) is 4.92. The molecule has 5 nitrogen and oxygen atoms in total. The third-order valence-electron chi connectivity index (χ3n) is 6.87. The van der Waals surface area contributed by atoms with Gasteiger partial charge in [0, 0.05) is 13.1 Å². The minimum Gasteiger partial charge on any atom is -0.497 e. The Morgan fingerprint density at radius 3 is 2.41 bits per heavy atom. The predicted octanol–water partition coefficient (Wildman–Crippen LogP) is 6.64. The number of allylic oxidation sites excluding steroid dienone is 1. The largest absolute Gasteiger partial charge is 0.497 e. The van der Waals surface area contributed by atoms with Crippen molar-refractivity contribution in [3.8, 4) is 28.4 Å². The highest BCUT2D eigenvalue weighted by Crippen LogP contribution is 2.44. The van der Waals surface area contributed by atoms with Crippen LogP contribution < -0.4 is 14.2 Å². The monoisotopic (exact) mass is 489 g/mol. The lowest BCUT2D eigenvalue weighted by Crippen LogP contribution is -2.31. The Bertz CT molecular complexity index is 1490. The van der Waals surface area contributed by atoms with E-state index in [1.165, 1.54) is 0 Å². The number of carbonyl (C=O) groups excluding carboxylic acids is 1. The molecular weight excluding hydrogens is 462 g/mol. The van der Waals surface area contributed by atoms with Crippen LogP contribution in [-0.4, -0.2) is 24.5 Å². The van der Waals surface area contributed by atoms with E-state index in [0.717, 1.165) is 51.4 Å². The number of rotatable bonds is 5. The summed E-state index contributed by atoms with van der Waals surface area (Å²) in [6.45, 7) is 3.76. The molecule has 0 bridgehead atoms. The average molecular weight is 490 g/mol. The zero-order valence-electron chi connectivity index (χ0n) is 20.9. The van der Waals surface area contributed by atoms with Gasteiger partial charge in [0.1, 0.15) is 24.0 Å². The third kappa shape index (κ3) is 4.50. The number of carbonyl (C=O) groups is 1. The van der Waals surface area contributed by atoms with Crippen molar-refractivity contribution in [3.63, 3.8) is 0 Å². The van der Waals surface area contributed by atoms with Crippen LogP contribution in [0, 0.1) is 6.92 Å². The number of aryl methyl sites for hydroxylation is 1. The van der Waals surface area contributed by atoms with Gasteiger partial charge in [0.25, 0.3) is 0 Å². The van der Waals surface area contributed by atoms with Crippen LogP contribution in [0.2, 0.25) is 0 Å². The molecule has 0 spiro atoms. The van der Waals surface area contributed by atoms with Crippen LogP contribution in [0.3, 0.4) is 0 Å². The summed E-state index contributed by atoms with van der Waals surface area (Å²) >= 11 is 0. The van der Waals surface area contributed by atoms with E-state index in [4.69, 9.17) is 14.2 Å². The van der Waals surface area contributed by atoms with E-state index in [-0.39, 0.29) is 5.78 Å². The number of methoxy groups -OCH3 is 1. The average Bonchev–Trinajstić information content (AvgIpc) is 3.27. The van der Waals surface area contributed by atoms with Crippen LogP contribution in [0.25, 0.3) is 17.2 Å². The van der Waals surface area contributed by atoms with Crippen molar-refractivity contribution in [1.82, 2.24) is 4.90 Å². The molecule has 0 atom stereocenters. The maximum atomic E-state index is 13.4. The second-order valence-corrected chi connectivity index (χ2v) is 9.41. The van der Waals surface area contributed by atoms with Gasteiger partial charge in [-0.25, -0.2) is 0 Å². The fraction of sp³-hybridized carbons (Fsp3) is 0.156. The summed E-state index contributed by atoms with van der Waals surface area (Å²) in [5, 5.41) is 0. The molecule has 2 heterocycles. The van der Waals surface area contributed by atoms with Gasteiger partial charge >= 0.3 is 0 Å². The first-order valence-electron chi connectivity index (χ1n) is 12.3. The third-order valence-corrected chi connectivity index (χ3v) is 6.87. The summed E-state index contributed by atoms with van der Waals surface area (Å²) in [6.07, 6.45) is 1.82. The quantitative estimate of drug-likeness (QED) is 0.294. The molecule has 0 N–H and O–H groups in total. The number of ketones is 1. The standard InChI is InChI=1S/C32H27NO4/c1-21-16-28-27(19-33(20-36-28)18-23-10-14-26(35-2)15-11-23)32-30(21)31(34)29(37-32)17-22-8-12-25(13-9-22)24-6-4-3-5-7-24/h3-17H,18-20H2,1-2H3/b29-17-. The number of benzene rings is 4. The number of ether oxygens (including phenoxy) is 3. The van der Waals surface area contributed by atoms with Crippen molar-refractivity contribution in [1.29, 1.82) is 0 Å². The molecule has 0 aromatic heterocycles. The van der Waals surface area contributed by atoms with E-state index < -0.39 is 0 Å².